The third-order valence-electron chi connectivity index (χ3n) is 0.733. The lowest BCUT2D eigenvalue weighted by Crippen LogP contribution is -2.36. The van der Waals surface area contributed by atoms with Crippen molar-refractivity contribution >= 4 is 29.1 Å². The van der Waals surface area contributed by atoms with Gasteiger partial charge in [-0.1, -0.05) is 0 Å². The van der Waals surface area contributed by atoms with Gasteiger partial charge < -0.3 is 9.05 Å². The first-order valence-electron chi connectivity index (χ1n) is 3.01. The van der Waals surface area contributed by atoms with E-state index in [1.54, 1.807) is 0 Å². The summed E-state index contributed by atoms with van der Waals surface area (Å²) in [5.41, 5.74) is -2.06. The molecule has 0 saturated carbocycles. The van der Waals surface area contributed by atoms with E-state index >= 15 is 0 Å². The van der Waals surface area contributed by atoms with Gasteiger partial charge in [-0.2, -0.15) is 0 Å². The predicted molar refractivity (Wildman–Crippen MR) is 48.0 cm³/mol. The number of hydrogen-bond acceptors (Lipinski definition) is 4. The van der Waals surface area contributed by atoms with E-state index < -0.39 is 5.69 Å². The molecule has 0 saturated heterocycles. The molecule has 10 heavy (non-hydrogen) atoms. The average molecular weight is 202 g/mol. The van der Waals surface area contributed by atoms with Crippen LogP contribution in [0.1, 0.15) is 13.8 Å². The summed E-state index contributed by atoms with van der Waals surface area (Å²) < 4.78 is 10.4. The van der Waals surface area contributed by atoms with Gasteiger partial charge in [0, 0.05) is 0 Å². The fourth-order valence-electron chi connectivity index (χ4n) is 0.428. The first-order chi connectivity index (χ1) is 4.68. The predicted octanol–water partition coefficient (Wildman–Crippen LogP) is 1.17. The molecule has 0 amide bonds. The minimum atomic E-state index is -2.06. The van der Waals surface area contributed by atoms with Gasteiger partial charge in [-0.05, 0) is 25.7 Å². The lowest BCUT2D eigenvalue weighted by atomic mass is 10.9. The summed E-state index contributed by atoms with van der Waals surface area (Å²) in [6, 6.07) is 0. The first kappa shape index (κ1) is 10.9. The topological polar surface area (TPSA) is 46.1 Å². The van der Waals surface area contributed by atoms with Gasteiger partial charge in [-0.3, -0.25) is 5.14 Å². The molecule has 0 rings (SSSR count). The summed E-state index contributed by atoms with van der Waals surface area (Å²) in [7, 11) is 0. The van der Waals surface area contributed by atoms with Crippen molar-refractivity contribution in [3.63, 3.8) is 0 Å². The Kier molecular flexibility index (Phi) is 6.01. The monoisotopic (exact) mass is 202 g/mol. The smallest absolute Gasteiger partial charge is 0.304 e. The third-order valence-corrected chi connectivity index (χ3v) is 5.36. The van der Waals surface area contributed by atoms with Gasteiger partial charge in [0.25, 0.3) is 0 Å². The summed E-state index contributed by atoms with van der Waals surface area (Å²) in [5, 5.41) is 3.61. The Morgan fingerprint density at radius 2 is 1.80 bits per heavy atom. The molecule has 0 aromatic heterocycles. The molecule has 0 unspecified atom stereocenters. The molecule has 0 fully saturated rings. The zero-order valence-electron chi connectivity index (χ0n) is 6.20. The van der Waals surface area contributed by atoms with E-state index in [9.17, 15) is 0 Å². The highest BCUT2D eigenvalue weighted by molar-refractivity contribution is 8.65. The van der Waals surface area contributed by atoms with Gasteiger partial charge >= 0.3 is 5.69 Å². The Morgan fingerprint density at radius 3 is 2.00 bits per heavy atom. The molecule has 0 aromatic rings. The Balaban J connectivity index is 3.83. The summed E-state index contributed by atoms with van der Waals surface area (Å²) in [4.78, 5) is 0. The second-order valence-electron chi connectivity index (χ2n) is 1.41. The van der Waals surface area contributed by atoms with E-state index in [0.717, 1.165) is 0 Å². The molecule has 3 N–H and O–H groups in total. The molecule has 6 heteroatoms. The summed E-state index contributed by atoms with van der Waals surface area (Å²) in [5.74, 6) is 0. The third kappa shape index (κ3) is 3.91. The average Bonchev–Trinajstić information content (AvgIpc) is 1.89. The van der Waals surface area contributed by atoms with Crippen LogP contribution in [0.25, 0.3) is 0 Å². The Hall–Kier alpha value is 0.880. The fourth-order valence-corrected chi connectivity index (χ4v) is 3.00. The largest absolute Gasteiger partial charge is 0.318 e. The highest BCUT2D eigenvalue weighted by Crippen LogP contribution is 2.56. The zero-order chi connectivity index (χ0) is 8.04. The van der Waals surface area contributed by atoms with Crippen LogP contribution < -0.4 is 5.14 Å². The normalized spacial score (nSPS) is 11.9. The maximum Gasteiger partial charge on any atom is 0.304 e. The molecule has 0 radical (unpaired) electrons. The quantitative estimate of drug-likeness (QED) is 0.537. The lowest BCUT2D eigenvalue weighted by Gasteiger charge is -2.13. The SMILES string of the molecule is CCOP(=S)(OCC)S[NH3+]. The molecule has 0 aromatic carbocycles. The first-order valence-corrected chi connectivity index (χ1v) is 7.24. The van der Waals surface area contributed by atoms with E-state index in [1.165, 1.54) is 11.6 Å². The molecule has 0 atom stereocenters. The van der Waals surface area contributed by atoms with Gasteiger partial charge in [0.1, 0.15) is 0 Å². The van der Waals surface area contributed by atoms with Crippen LogP contribution in [0.5, 0.6) is 0 Å². The van der Waals surface area contributed by atoms with Gasteiger partial charge in [0.2, 0.25) is 0 Å². The molecule has 0 bridgehead atoms. The van der Waals surface area contributed by atoms with Gasteiger partial charge in [-0.25, -0.2) is 0 Å². The van der Waals surface area contributed by atoms with Crippen LogP contribution in [-0.2, 0) is 20.9 Å². The van der Waals surface area contributed by atoms with Crippen molar-refractivity contribution in [3.05, 3.63) is 0 Å². The summed E-state index contributed by atoms with van der Waals surface area (Å²) >= 11 is 6.32. The standard InChI is InChI=1S/C4H12NO2PS2/c1-3-6-8(9,10-5)7-4-2/h3-5H2,1-2H3/p+1. The zero-order valence-corrected chi connectivity index (χ0v) is 8.73. The van der Waals surface area contributed by atoms with E-state index in [4.69, 9.17) is 20.9 Å². The molecule has 0 aliphatic rings. The molecular formula is C4H13NO2PS2+. The molecule has 0 aliphatic carbocycles. The van der Waals surface area contributed by atoms with E-state index in [1.807, 2.05) is 13.8 Å². The van der Waals surface area contributed by atoms with Crippen LogP contribution in [0.3, 0.4) is 0 Å². The van der Waals surface area contributed by atoms with Crippen LogP contribution in [0.15, 0.2) is 0 Å². The van der Waals surface area contributed by atoms with Gasteiger partial charge in [0.05, 0.1) is 13.2 Å². The van der Waals surface area contributed by atoms with Crippen LogP contribution in [0, 0.1) is 0 Å². The minimum Gasteiger partial charge on any atom is -0.318 e. The Bertz CT molecular complexity index is 122. The van der Waals surface area contributed by atoms with Crippen LogP contribution in [-0.4, -0.2) is 13.2 Å². The van der Waals surface area contributed by atoms with Crippen molar-refractivity contribution in [2.24, 2.45) is 0 Å². The number of rotatable bonds is 5. The highest BCUT2D eigenvalue weighted by Gasteiger charge is 2.19. The van der Waals surface area contributed by atoms with Crippen molar-refractivity contribution in [1.29, 1.82) is 0 Å². The van der Waals surface area contributed by atoms with Crippen LogP contribution in [0.4, 0.5) is 0 Å². The number of hydrogen-bond donors (Lipinski definition) is 1. The van der Waals surface area contributed by atoms with Gasteiger partial charge in [-0.15, -0.1) is 0 Å². The summed E-state index contributed by atoms with van der Waals surface area (Å²) in [6.07, 6.45) is 0. The van der Waals surface area contributed by atoms with E-state index in [-0.39, 0.29) is 0 Å². The highest BCUT2D eigenvalue weighted by atomic mass is 32.9. The molecule has 62 valence electrons. The van der Waals surface area contributed by atoms with Crippen molar-refractivity contribution in [2.75, 3.05) is 13.2 Å². The lowest BCUT2D eigenvalue weighted by molar-refractivity contribution is -0.133. The Labute approximate surface area is 70.7 Å². The van der Waals surface area contributed by atoms with Gasteiger partial charge in [0.15, 0.2) is 11.6 Å². The van der Waals surface area contributed by atoms with Crippen molar-refractivity contribution in [2.45, 2.75) is 13.8 Å². The minimum absolute atomic E-state index is 0.597. The Morgan fingerprint density at radius 1 is 1.40 bits per heavy atom. The van der Waals surface area contributed by atoms with Crippen LogP contribution in [0.2, 0.25) is 0 Å². The van der Waals surface area contributed by atoms with Crippen molar-refractivity contribution in [3.8, 4) is 0 Å². The second-order valence-corrected chi connectivity index (χ2v) is 7.43. The maximum atomic E-state index is 5.22. The molecule has 0 spiro atoms. The fraction of sp³-hybridized carbons (Fsp3) is 1.00. The maximum absolute atomic E-state index is 5.22. The summed E-state index contributed by atoms with van der Waals surface area (Å²) in [6.45, 7) is 4.99. The van der Waals surface area contributed by atoms with E-state index in [0.29, 0.717) is 13.2 Å². The van der Waals surface area contributed by atoms with Crippen molar-refractivity contribution in [1.82, 2.24) is 0 Å². The second kappa shape index (κ2) is 5.52. The molecule has 3 nitrogen and oxygen atoms in total. The van der Waals surface area contributed by atoms with Crippen molar-refractivity contribution < 1.29 is 14.2 Å². The van der Waals surface area contributed by atoms with Crippen LogP contribution >= 0.6 is 17.3 Å². The molecule has 0 heterocycles. The molecular weight excluding hydrogens is 189 g/mol. The number of quaternary nitrogens is 1. The molecule has 0 aliphatic heterocycles. The van der Waals surface area contributed by atoms with E-state index in [2.05, 4.69) is 5.14 Å².